The van der Waals surface area contributed by atoms with Crippen LogP contribution < -0.4 is 0 Å². The highest BCUT2D eigenvalue weighted by atomic mass is 35.5. The van der Waals surface area contributed by atoms with Crippen molar-refractivity contribution >= 4 is 23.5 Å². The van der Waals surface area contributed by atoms with Crippen molar-refractivity contribution in [1.82, 2.24) is 9.80 Å². The Balaban J connectivity index is 1.77. The van der Waals surface area contributed by atoms with E-state index in [9.17, 15) is 14.7 Å². The van der Waals surface area contributed by atoms with E-state index in [4.69, 9.17) is 16.3 Å². The first-order valence-corrected chi connectivity index (χ1v) is 8.34. The van der Waals surface area contributed by atoms with Gasteiger partial charge in [-0.3, -0.25) is 14.5 Å². The van der Waals surface area contributed by atoms with Gasteiger partial charge in [-0.25, -0.2) is 0 Å². The van der Waals surface area contributed by atoms with Crippen molar-refractivity contribution in [2.45, 2.75) is 0 Å². The zero-order chi connectivity index (χ0) is 17.3. The van der Waals surface area contributed by atoms with Crippen LogP contribution >= 0.6 is 11.6 Å². The molecule has 24 heavy (non-hydrogen) atoms. The quantitative estimate of drug-likeness (QED) is 0.868. The molecule has 0 bridgehead atoms. The number of carbonyl (C=O) groups excluding carboxylic acids is 1. The molecule has 3 rings (SSSR count). The van der Waals surface area contributed by atoms with E-state index < -0.39 is 11.4 Å². The lowest BCUT2D eigenvalue weighted by Gasteiger charge is -2.25. The fourth-order valence-electron chi connectivity index (χ4n) is 3.82. The lowest BCUT2D eigenvalue weighted by molar-refractivity contribution is -0.148. The number of aliphatic carboxylic acids is 1. The lowest BCUT2D eigenvalue weighted by atomic mass is 9.81. The van der Waals surface area contributed by atoms with Crippen LogP contribution in [0.25, 0.3) is 0 Å². The van der Waals surface area contributed by atoms with Crippen molar-refractivity contribution in [3.8, 4) is 0 Å². The number of amides is 1. The zero-order valence-corrected chi connectivity index (χ0v) is 14.3. The Morgan fingerprint density at radius 3 is 2.71 bits per heavy atom. The summed E-state index contributed by atoms with van der Waals surface area (Å²) in [5.41, 5.74) is -0.471. The fourth-order valence-corrected chi connectivity index (χ4v) is 4.04. The third-order valence-electron chi connectivity index (χ3n) is 5.11. The first kappa shape index (κ1) is 17.2. The van der Waals surface area contributed by atoms with E-state index >= 15 is 0 Å². The monoisotopic (exact) mass is 352 g/mol. The van der Waals surface area contributed by atoms with Crippen LogP contribution in [0.1, 0.15) is 10.4 Å². The molecule has 6 nitrogen and oxygen atoms in total. The van der Waals surface area contributed by atoms with E-state index in [1.54, 1.807) is 36.3 Å². The molecule has 1 aromatic carbocycles. The van der Waals surface area contributed by atoms with Crippen LogP contribution in [0.15, 0.2) is 24.3 Å². The van der Waals surface area contributed by atoms with Gasteiger partial charge >= 0.3 is 5.97 Å². The smallest absolute Gasteiger partial charge is 0.313 e. The van der Waals surface area contributed by atoms with Gasteiger partial charge in [0, 0.05) is 45.8 Å². The molecular formula is C17H21ClN2O4. The standard InChI is InChI=1S/C17H21ClN2O4/c1-24-7-6-19-8-12-9-20(11-17(12,10-19)16(22)23)15(21)13-4-2-3-5-14(13)18/h2-5,12H,6-11H2,1H3,(H,22,23)/t12-,17-/m0/s1. The summed E-state index contributed by atoms with van der Waals surface area (Å²) in [7, 11) is 1.63. The minimum absolute atomic E-state index is 0.0710. The number of carbonyl (C=O) groups is 2. The maximum absolute atomic E-state index is 12.7. The summed E-state index contributed by atoms with van der Waals surface area (Å²) < 4.78 is 5.08. The van der Waals surface area contributed by atoms with Gasteiger partial charge in [-0.15, -0.1) is 0 Å². The van der Waals surface area contributed by atoms with Crippen molar-refractivity contribution in [1.29, 1.82) is 0 Å². The zero-order valence-electron chi connectivity index (χ0n) is 13.6. The molecule has 1 N–H and O–H groups in total. The van der Waals surface area contributed by atoms with E-state index in [1.807, 2.05) is 0 Å². The van der Waals surface area contributed by atoms with Crippen LogP contribution in [0.5, 0.6) is 0 Å². The molecular weight excluding hydrogens is 332 g/mol. The number of benzene rings is 1. The maximum Gasteiger partial charge on any atom is 0.313 e. The molecule has 1 amide bonds. The second kappa shape index (κ2) is 6.70. The predicted octanol–water partition coefficient (Wildman–Crippen LogP) is 1.44. The molecule has 0 unspecified atom stereocenters. The Kier molecular flexibility index (Phi) is 4.80. The molecule has 0 aliphatic carbocycles. The maximum atomic E-state index is 12.7. The molecule has 2 heterocycles. The van der Waals surface area contributed by atoms with Gasteiger partial charge in [0.15, 0.2) is 0 Å². The fraction of sp³-hybridized carbons (Fsp3) is 0.529. The summed E-state index contributed by atoms with van der Waals surface area (Å²) in [6.45, 7) is 3.07. The summed E-state index contributed by atoms with van der Waals surface area (Å²) in [4.78, 5) is 28.4. The average molecular weight is 353 g/mol. The number of halogens is 1. The molecule has 2 saturated heterocycles. The number of carboxylic acids is 1. The van der Waals surface area contributed by atoms with Crippen LogP contribution in [0.4, 0.5) is 0 Å². The highest BCUT2D eigenvalue weighted by molar-refractivity contribution is 6.33. The van der Waals surface area contributed by atoms with E-state index in [2.05, 4.69) is 4.90 Å². The Hall–Kier alpha value is -1.63. The van der Waals surface area contributed by atoms with Gasteiger partial charge in [0.2, 0.25) is 0 Å². The van der Waals surface area contributed by atoms with Crippen molar-refractivity contribution in [3.05, 3.63) is 34.9 Å². The van der Waals surface area contributed by atoms with Gasteiger partial charge in [-0.2, -0.15) is 0 Å². The number of hydrogen-bond acceptors (Lipinski definition) is 4. The molecule has 0 spiro atoms. The van der Waals surface area contributed by atoms with Crippen LogP contribution in [0.3, 0.4) is 0 Å². The summed E-state index contributed by atoms with van der Waals surface area (Å²) >= 11 is 6.11. The molecule has 1 aromatic rings. The van der Waals surface area contributed by atoms with Crippen LogP contribution in [-0.4, -0.2) is 73.2 Å². The van der Waals surface area contributed by atoms with Crippen molar-refractivity contribution in [2.75, 3.05) is 46.4 Å². The van der Waals surface area contributed by atoms with Gasteiger partial charge < -0.3 is 14.7 Å². The van der Waals surface area contributed by atoms with E-state index in [0.29, 0.717) is 43.4 Å². The number of methoxy groups -OCH3 is 1. The van der Waals surface area contributed by atoms with Gasteiger partial charge in [0.25, 0.3) is 5.91 Å². The number of nitrogens with zero attached hydrogens (tertiary/aromatic N) is 2. The van der Waals surface area contributed by atoms with Gasteiger partial charge in [-0.05, 0) is 12.1 Å². The Morgan fingerprint density at radius 2 is 2.08 bits per heavy atom. The first-order valence-electron chi connectivity index (χ1n) is 7.96. The molecule has 7 heteroatoms. The second-order valence-corrected chi connectivity index (χ2v) is 6.96. The van der Waals surface area contributed by atoms with E-state index in [1.165, 1.54) is 0 Å². The Labute approximate surface area is 145 Å². The normalized spacial score (nSPS) is 26.6. The van der Waals surface area contributed by atoms with E-state index in [0.717, 1.165) is 0 Å². The van der Waals surface area contributed by atoms with Gasteiger partial charge in [0.05, 0.1) is 17.2 Å². The summed E-state index contributed by atoms with van der Waals surface area (Å²) in [6, 6.07) is 6.88. The van der Waals surface area contributed by atoms with Crippen LogP contribution in [0.2, 0.25) is 5.02 Å². The third kappa shape index (κ3) is 2.90. The Bertz CT molecular complexity index is 653. The molecule has 0 saturated carbocycles. The highest BCUT2D eigenvalue weighted by Gasteiger charge is 2.58. The molecule has 0 aromatic heterocycles. The molecule has 0 radical (unpaired) electrons. The number of rotatable bonds is 5. The first-order chi connectivity index (χ1) is 11.5. The van der Waals surface area contributed by atoms with Crippen molar-refractivity contribution in [3.63, 3.8) is 0 Å². The van der Waals surface area contributed by atoms with Crippen molar-refractivity contribution < 1.29 is 19.4 Å². The second-order valence-electron chi connectivity index (χ2n) is 6.55. The Morgan fingerprint density at radius 1 is 1.33 bits per heavy atom. The number of likely N-dealkylation sites (tertiary alicyclic amines) is 2. The predicted molar refractivity (Wildman–Crippen MR) is 89.2 cm³/mol. The van der Waals surface area contributed by atoms with Gasteiger partial charge in [-0.1, -0.05) is 23.7 Å². The molecule has 2 fully saturated rings. The molecule has 2 aliphatic rings. The summed E-state index contributed by atoms with van der Waals surface area (Å²) in [6.07, 6.45) is 0. The number of hydrogen-bond donors (Lipinski definition) is 1. The number of fused-ring (bicyclic) bond motifs is 1. The number of ether oxygens (including phenoxy) is 1. The third-order valence-corrected chi connectivity index (χ3v) is 5.44. The van der Waals surface area contributed by atoms with E-state index in [-0.39, 0.29) is 18.4 Å². The van der Waals surface area contributed by atoms with Gasteiger partial charge in [0.1, 0.15) is 5.41 Å². The summed E-state index contributed by atoms with van der Waals surface area (Å²) in [5.74, 6) is -1.10. The van der Waals surface area contributed by atoms with Crippen LogP contribution in [-0.2, 0) is 9.53 Å². The largest absolute Gasteiger partial charge is 0.481 e. The molecule has 130 valence electrons. The molecule has 2 aliphatic heterocycles. The highest BCUT2D eigenvalue weighted by Crippen LogP contribution is 2.43. The lowest BCUT2D eigenvalue weighted by Crippen LogP contribution is -2.42. The number of carboxylic acid groups (broad SMARTS) is 1. The average Bonchev–Trinajstić information content (AvgIpc) is 3.07. The minimum atomic E-state index is -0.898. The topological polar surface area (TPSA) is 70.1 Å². The van der Waals surface area contributed by atoms with Crippen LogP contribution in [0, 0.1) is 11.3 Å². The summed E-state index contributed by atoms with van der Waals surface area (Å²) in [5, 5.41) is 10.2. The SMILES string of the molecule is COCCN1C[C@H]2CN(C(=O)c3ccccc3Cl)C[C@@]2(C(=O)O)C1. The minimum Gasteiger partial charge on any atom is -0.481 e. The van der Waals surface area contributed by atoms with Crippen molar-refractivity contribution in [2.24, 2.45) is 11.3 Å². The molecule has 2 atom stereocenters.